The van der Waals surface area contributed by atoms with Crippen molar-refractivity contribution in [1.29, 1.82) is 0 Å². The van der Waals surface area contributed by atoms with Gasteiger partial charge in [0.2, 0.25) is 5.91 Å². The predicted molar refractivity (Wildman–Crippen MR) is 71.7 cm³/mol. The minimum Gasteiger partial charge on any atom is -0.481 e. The number of carbonyl (C=O) groups is 2. The molecule has 5 heteroatoms. The molecule has 1 amide bonds. The smallest absolute Gasteiger partial charge is 0.307 e. The van der Waals surface area contributed by atoms with E-state index in [1.54, 1.807) is 0 Å². The Hall–Kier alpha value is -1.10. The van der Waals surface area contributed by atoms with E-state index < -0.39 is 11.9 Å². The molecule has 108 valence electrons. The number of carbonyl (C=O) groups excluding carboxylic acids is 1. The van der Waals surface area contributed by atoms with Crippen molar-refractivity contribution in [3.63, 3.8) is 0 Å². The number of likely N-dealkylation sites (N-methyl/N-ethyl adjacent to an activating group) is 1. The average molecular weight is 268 g/mol. The lowest BCUT2D eigenvalue weighted by atomic mass is 9.94. The molecular formula is C14H24N2O3. The van der Waals surface area contributed by atoms with E-state index in [9.17, 15) is 14.7 Å². The predicted octanol–water partition coefficient (Wildman–Crippen LogP) is 0.897. The van der Waals surface area contributed by atoms with Crippen molar-refractivity contribution in [2.24, 2.45) is 17.8 Å². The Bertz CT molecular complexity index is 359. The Morgan fingerprint density at radius 2 is 1.74 bits per heavy atom. The highest BCUT2D eigenvalue weighted by atomic mass is 16.4. The van der Waals surface area contributed by atoms with Crippen molar-refractivity contribution >= 4 is 11.9 Å². The first kappa shape index (κ1) is 14.3. The molecule has 1 aliphatic heterocycles. The molecule has 0 aromatic rings. The molecule has 5 nitrogen and oxygen atoms in total. The number of hydrogen-bond acceptors (Lipinski definition) is 3. The van der Waals surface area contributed by atoms with Crippen LogP contribution in [-0.2, 0) is 9.59 Å². The summed E-state index contributed by atoms with van der Waals surface area (Å²) in [7, 11) is 2.06. The van der Waals surface area contributed by atoms with Crippen LogP contribution in [0.1, 0.15) is 26.2 Å². The third-order valence-electron chi connectivity index (χ3n) is 4.46. The SMILES string of the molecule is CC1CC(C(=O)O)C(C(=O)N2CCCN(C)CC2)C1. The van der Waals surface area contributed by atoms with Gasteiger partial charge in [-0.25, -0.2) is 0 Å². The number of nitrogens with zero attached hydrogens (tertiary/aromatic N) is 2. The first-order valence-corrected chi connectivity index (χ1v) is 7.19. The summed E-state index contributed by atoms with van der Waals surface area (Å²) >= 11 is 0. The molecule has 1 heterocycles. The molecule has 2 rings (SSSR count). The molecule has 19 heavy (non-hydrogen) atoms. The van der Waals surface area contributed by atoms with Crippen molar-refractivity contribution in [3.8, 4) is 0 Å². The number of rotatable bonds is 2. The number of amides is 1. The lowest BCUT2D eigenvalue weighted by molar-refractivity contribution is -0.149. The maximum Gasteiger partial charge on any atom is 0.307 e. The number of carboxylic acids is 1. The summed E-state index contributed by atoms with van der Waals surface area (Å²) in [5.74, 6) is -1.20. The summed E-state index contributed by atoms with van der Waals surface area (Å²) < 4.78 is 0. The molecule has 0 aromatic carbocycles. The van der Waals surface area contributed by atoms with Gasteiger partial charge in [0.1, 0.15) is 0 Å². The molecule has 2 aliphatic rings. The second-order valence-corrected chi connectivity index (χ2v) is 6.11. The summed E-state index contributed by atoms with van der Waals surface area (Å²) in [5, 5.41) is 9.27. The van der Waals surface area contributed by atoms with Crippen LogP contribution in [0.25, 0.3) is 0 Å². The van der Waals surface area contributed by atoms with Crippen molar-refractivity contribution < 1.29 is 14.7 Å². The molecule has 0 aromatic heterocycles. The third-order valence-corrected chi connectivity index (χ3v) is 4.46. The molecule has 1 aliphatic carbocycles. The summed E-state index contributed by atoms with van der Waals surface area (Å²) in [6.07, 6.45) is 2.34. The van der Waals surface area contributed by atoms with Gasteiger partial charge in [-0.05, 0) is 38.8 Å². The fourth-order valence-electron chi connectivity index (χ4n) is 3.34. The summed E-state index contributed by atoms with van der Waals surface area (Å²) in [6.45, 7) is 5.42. The van der Waals surface area contributed by atoms with Crippen molar-refractivity contribution in [2.45, 2.75) is 26.2 Å². The summed E-state index contributed by atoms with van der Waals surface area (Å²) in [6, 6.07) is 0. The number of carboxylic acid groups (broad SMARTS) is 1. The van der Waals surface area contributed by atoms with Crippen molar-refractivity contribution in [2.75, 3.05) is 33.2 Å². The molecular weight excluding hydrogens is 244 g/mol. The van der Waals surface area contributed by atoms with Gasteiger partial charge in [-0.15, -0.1) is 0 Å². The van der Waals surface area contributed by atoms with Gasteiger partial charge in [-0.2, -0.15) is 0 Å². The van der Waals surface area contributed by atoms with Crippen molar-refractivity contribution in [3.05, 3.63) is 0 Å². The van der Waals surface area contributed by atoms with E-state index in [0.717, 1.165) is 39.0 Å². The van der Waals surface area contributed by atoms with Crippen LogP contribution in [-0.4, -0.2) is 60.0 Å². The van der Waals surface area contributed by atoms with Crippen LogP contribution in [0.4, 0.5) is 0 Å². The van der Waals surface area contributed by atoms with Gasteiger partial charge in [0.15, 0.2) is 0 Å². The van der Waals surface area contributed by atoms with Crippen molar-refractivity contribution in [1.82, 2.24) is 9.80 Å². The zero-order chi connectivity index (χ0) is 14.0. The molecule has 0 spiro atoms. The lowest BCUT2D eigenvalue weighted by Gasteiger charge is -2.26. The Morgan fingerprint density at radius 1 is 1.05 bits per heavy atom. The average Bonchev–Trinajstić information content (AvgIpc) is 2.61. The Balaban J connectivity index is 2.03. The van der Waals surface area contributed by atoms with Crippen LogP contribution in [0.3, 0.4) is 0 Å². The highest BCUT2D eigenvalue weighted by Gasteiger charge is 2.42. The molecule has 3 unspecified atom stereocenters. The zero-order valence-corrected chi connectivity index (χ0v) is 11.8. The Labute approximate surface area is 114 Å². The highest BCUT2D eigenvalue weighted by molar-refractivity contribution is 5.85. The lowest BCUT2D eigenvalue weighted by Crippen LogP contribution is -2.41. The zero-order valence-electron chi connectivity index (χ0n) is 11.8. The maximum atomic E-state index is 12.6. The Morgan fingerprint density at radius 3 is 2.42 bits per heavy atom. The van der Waals surface area contributed by atoms with E-state index >= 15 is 0 Å². The fourth-order valence-corrected chi connectivity index (χ4v) is 3.34. The molecule has 2 fully saturated rings. The highest BCUT2D eigenvalue weighted by Crippen LogP contribution is 2.37. The second-order valence-electron chi connectivity index (χ2n) is 6.11. The van der Waals surface area contributed by atoms with Crippen LogP contribution in [0.2, 0.25) is 0 Å². The molecule has 3 atom stereocenters. The Kier molecular flexibility index (Phi) is 4.45. The number of aliphatic carboxylic acids is 1. The first-order valence-electron chi connectivity index (χ1n) is 7.19. The van der Waals surface area contributed by atoms with E-state index in [1.807, 2.05) is 11.8 Å². The van der Waals surface area contributed by atoms with E-state index in [4.69, 9.17) is 0 Å². The topological polar surface area (TPSA) is 60.9 Å². The van der Waals surface area contributed by atoms with Crippen LogP contribution in [0.5, 0.6) is 0 Å². The quantitative estimate of drug-likeness (QED) is 0.808. The van der Waals surface area contributed by atoms with Crippen LogP contribution < -0.4 is 0 Å². The molecule has 1 saturated carbocycles. The monoisotopic (exact) mass is 268 g/mol. The van der Waals surface area contributed by atoms with E-state index in [-0.39, 0.29) is 11.8 Å². The van der Waals surface area contributed by atoms with Gasteiger partial charge >= 0.3 is 5.97 Å². The largest absolute Gasteiger partial charge is 0.481 e. The van der Waals surface area contributed by atoms with Gasteiger partial charge < -0.3 is 14.9 Å². The molecule has 1 N–H and O–H groups in total. The fraction of sp³-hybridized carbons (Fsp3) is 0.857. The second kappa shape index (κ2) is 5.90. The van der Waals surface area contributed by atoms with E-state index in [2.05, 4.69) is 11.9 Å². The van der Waals surface area contributed by atoms with Gasteiger partial charge in [0, 0.05) is 19.6 Å². The molecule has 0 radical (unpaired) electrons. The van der Waals surface area contributed by atoms with Gasteiger partial charge in [-0.1, -0.05) is 6.92 Å². The summed E-state index contributed by atoms with van der Waals surface area (Å²) in [4.78, 5) is 27.9. The van der Waals surface area contributed by atoms with Gasteiger partial charge in [-0.3, -0.25) is 9.59 Å². The first-order chi connectivity index (χ1) is 8.99. The van der Waals surface area contributed by atoms with Crippen LogP contribution in [0, 0.1) is 17.8 Å². The van der Waals surface area contributed by atoms with E-state index in [1.165, 1.54) is 0 Å². The minimum atomic E-state index is -0.811. The molecule has 1 saturated heterocycles. The normalized spacial score (nSPS) is 33.2. The van der Waals surface area contributed by atoms with Crippen LogP contribution >= 0.6 is 0 Å². The standard InChI is InChI=1S/C14H24N2O3/c1-10-8-11(12(9-10)14(18)19)13(17)16-5-3-4-15(2)6-7-16/h10-12H,3-9H2,1-2H3,(H,18,19). The molecule has 0 bridgehead atoms. The number of hydrogen-bond donors (Lipinski definition) is 1. The summed E-state index contributed by atoms with van der Waals surface area (Å²) in [5.41, 5.74) is 0. The van der Waals surface area contributed by atoms with Gasteiger partial charge in [0.25, 0.3) is 0 Å². The minimum absolute atomic E-state index is 0.0621. The third kappa shape index (κ3) is 3.26. The van der Waals surface area contributed by atoms with Gasteiger partial charge in [0.05, 0.1) is 11.8 Å². The van der Waals surface area contributed by atoms with Crippen LogP contribution in [0.15, 0.2) is 0 Å². The van der Waals surface area contributed by atoms with E-state index in [0.29, 0.717) is 12.3 Å². The maximum absolute atomic E-state index is 12.6.